The van der Waals surface area contributed by atoms with Gasteiger partial charge < -0.3 is 29.1 Å². The molecule has 2 amide bonds. The lowest BCUT2D eigenvalue weighted by Gasteiger charge is -2.54. The zero-order valence-corrected chi connectivity index (χ0v) is 34.2. The lowest BCUT2D eigenvalue weighted by Crippen LogP contribution is -2.62. The van der Waals surface area contributed by atoms with Gasteiger partial charge in [-0.05, 0) is 104 Å². The highest BCUT2D eigenvalue weighted by molar-refractivity contribution is 7.86. The second kappa shape index (κ2) is 16.4. The van der Waals surface area contributed by atoms with Crippen molar-refractivity contribution in [3.05, 3.63) is 35.9 Å². The van der Waals surface area contributed by atoms with Crippen molar-refractivity contribution < 1.29 is 31.9 Å². The molecule has 4 saturated heterocycles. The van der Waals surface area contributed by atoms with E-state index in [0.717, 1.165) is 52.0 Å². The maximum absolute atomic E-state index is 14.4. The smallest absolute Gasteiger partial charge is 0.410 e. The van der Waals surface area contributed by atoms with Crippen molar-refractivity contribution in [1.82, 2.24) is 38.5 Å². The fraction of sp³-hybridized carbons (Fsp3) is 0.711. The van der Waals surface area contributed by atoms with Gasteiger partial charge >= 0.3 is 6.09 Å². The molecule has 1 atom stereocenters. The highest BCUT2D eigenvalue weighted by atomic mass is 32.2. The van der Waals surface area contributed by atoms with E-state index in [4.69, 9.17) is 9.47 Å². The number of rotatable bonds is 10. The summed E-state index contributed by atoms with van der Waals surface area (Å²) in [6.45, 7) is 19.9. The number of anilines is 1. The predicted molar refractivity (Wildman–Crippen MR) is 206 cm³/mol. The third-order valence-electron chi connectivity index (χ3n) is 11.1. The van der Waals surface area contributed by atoms with Gasteiger partial charge in [-0.1, -0.05) is 0 Å². The summed E-state index contributed by atoms with van der Waals surface area (Å²) in [7, 11) is -3.63. The van der Waals surface area contributed by atoms with Crippen molar-refractivity contribution in [1.29, 1.82) is 0 Å². The van der Waals surface area contributed by atoms with Gasteiger partial charge in [0.1, 0.15) is 23.5 Å². The Balaban J connectivity index is 0.999. The number of amides is 2. The summed E-state index contributed by atoms with van der Waals surface area (Å²) in [6.07, 6.45) is 4.15. The van der Waals surface area contributed by atoms with Crippen molar-refractivity contribution in [2.45, 2.75) is 91.8 Å². The standard InChI is InChI=1S/C38H58FN9O6S/c1-27(2)48(28(3)4)35(49)31-21-30(39)9-10-32(31)53-34-33(40-26-41-42-34)45-16-11-29(23-45)22-43-24-38(25-43)12-17-47(18-13-38)55(51,52)46-15-8-14-44(19-20-46)36(50)54-37(5,6)7/h9-10,21,26-29H,8,11-20,22-25H2,1-7H3/t29-/m0/s1. The molecule has 6 rings (SSSR count). The zero-order valence-electron chi connectivity index (χ0n) is 33.4. The molecule has 1 aromatic carbocycles. The van der Waals surface area contributed by atoms with Crippen LogP contribution in [0.15, 0.2) is 24.5 Å². The van der Waals surface area contributed by atoms with Crippen LogP contribution in [-0.4, -0.2) is 149 Å². The number of benzene rings is 1. The van der Waals surface area contributed by atoms with Crippen molar-refractivity contribution >= 4 is 28.0 Å². The maximum Gasteiger partial charge on any atom is 0.410 e. The molecule has 0 N–H and O–H groups in total. The van der Waals surface area contributed by atoms with Crippen LogP contribution in [0.3, 0.4) is 0 Å². The van der Waals surface area contributed by atoms with Crippen molar-refractivity contribution in [3.63, 3.8) is 0 Å². The molecule has 4 aliphatic rings. The minimum absolute atomic E-state index is 0.0970. The van der Waals surface area contributed by atoms with Crippen LogP contribution < -0.4 is 9.64 Å². The van der Waals surface area contributed by atoms with E-state index >= 15 is 0 Å². The van der Waals surface area contributed by atoms with Crippen LogP contribution >= 0.6 is 0 Å². The fourth-order valence-electron chi connectivity index (χ4n) is 8.48. The summed E-state index contributed by atoms with van der Waals surface area (Å²) >= 11 is 0. The van der Waals surface area contributed by atoms with Gasteiger partial charge in [-0.2, -0.15) is 17.0 Å². The summed E-state index contributed by atoms with van der Waals surface area (Å²) in [5, 5.41) is 8.18. The highest BCUT2D eigenvalue weighted by Gasteiger charge is 2.48. The molecule has 0 bridgehead atoms. The van der Waals surface area contributed by atoms with Gasteiger partial charge in [0.25, 0.3) is 22.0 Å². The van der Waals surface area contributed by atoms with E-state index in [1.54, 1.807) is 14.1 Å². The van der Waals surface area contributed by atoms with Crippen molar-refractivity contribution in [2.24, 2.45) is 11.3 Å². The Bertz CT molecular complexity index is 1780. The molecule has 4 aliphatic heterocycles. The number of ether oxygens (including phenoxy) is 2. The molecule has 0 unspecified atom stereocenters. The molecule has 4 fully saturated rings. The molecule has 0 saturated carbocycles. The van der Waals surface area contributed by atoms with E-state index < -0.39 is 27.7 Å². The van der Waals surface area contributed by atoms with Gasteiger partial charge in [-0.25, -0.2) is 14.2 Å². The molecule has 17 heteroatoms. The van der Waals surface area contributed by atoms with Gasteiger partial charge in [-0.3, -0.25) is 4.79 Å². The van der Waals surface area contributed by atoms with Gasteiger partial charge in [0, 0.05) is 84.1 Å². The van der Waals surface area contributed by atoms with Gasteiger partial charge in [0.2, 0.25) is 0 Å². The average molecular weight is 788 g/mol. The Morgan fingerprint density at radius 2 is 1.67 bits per heavy atom. The Labute approximate surface area is 325 Å². The second-order valence-corrected chi connectivity index (χ2v) is 19.1. The van der Waals surface area contributed by atoms with Crippen LogP contribution in [0.25, 0.3) is 0 Å². The van der Waals surface area contributed by atoms with E-state index in [0.29, 0.717) is 50.9 Å². The fourth-order valence-corrected chi connectivity index (χ4v) is 10.1. The molecule has 304 valence electrons. The van der Waals surface area contributed by atoms with E-state index in [1.165, 1.54) is 28.8 Å². The van der Waals surface area contributed by atoms with Gasteiger partial charge in [0.05, 0.1) is 5.56 Å². The lowest BCUT2D eigenvalue weighted by molar-refractivity contribution is -0.0413. The number of hydrogen-bond acceptors (Lipinski definition) is 11. The first-order valence-corrected chi connectivity index (χ1v) is 21.0. The number of nitrogens with zero attached hydrogens (tertiary/aromatic N) is 9. The van der Waals surface area contributed by atoms with E-state index in [2.05, 4.69) is 25.0 Å². The van der Waals surface area contributed by atoms with Crippen molar-refractivity contribution in [2.75, 3.05) is 76.9 Å². The molecule has 15 nitrogen and oxygen atoms in total. The Morgan fingerprint density at radius 1 is 0.982 bits per heavy atom. The number of halogens is 1. The number of carbonyl (C=O) groups is 2. The first kappa shape index (κ1) is 41.0. The molecular weight excluding hydrogens is 730 g/mol. The molecule has 1 aromatic heterocycles. The SMILES string of the molecule is CC(C)N(C(=O)c1cc(F)ccc1Oc1nncnc1N1CC[C@@H](CN2CC3(CCN(S(=O)(=O)N4CCCN(C(=O)OC(C)(C)C)CC4)CC3)C2)C1)C(C)C. The first-order valence-electron chi connectivity index (χ1n) is 19.6. The van der Waals surface area contributed by atoms with Crippen LogP contribution in [-0.2, 0) is 14.9 Å². The molecule has 1 spiro atoms. The minimum Gasteiger partial charge on any atom is -0.444 e. The lowest BCUT2D eigenvalue weighted by atomic mass is 9.72. The van der Waals surface area contributed by atoms with Crippen LogP contribution in [0.5, 0.6) is 11.6 Å². The Kier molecular flexibility index (Phi) is 12.2. The molecule has 5 heterocycles. The summed E-state index contributed by atoms with van der Waals surface area (Å²) in [5.74, 6) is 0.406. The third kappa shape index (κ3) is 9.48. The summed E-state index contributed by atoms with van der Waals surface area (Å²) in [6, 6.07) is 3.71. The number of aromatic nitrogens is 3. The number of piperidine rings is 1. The van der Waals surface area contributed by atoms with Gasteiger partial charge in [-0.15, -0.1) is 10.2 Å². The maximum atomic E-state index is 14.4. The third-order valence-corrected chi connectivity index (χ3v) is 13.1. The Morgan fingerprint density at radius 3 is 2.35 bits per heavy atom. The largest absolute Gasteiger partial charge is 0.444 e. The van der Waals surface area contributed by atoms with E-state index in [-0.39, 0.29) is 47.1 Å². The molecule has 0 aliphatic carbocycles. The normalized spacial score (nSPS) is 21.5. The zero-order chi connectivity index (χ0) is 39.7. The van der Waals surface area contributed by atoms with E-state index in [9.17, 15) is 22.4 Å². The summed E-state index contributed by atoms with van der Waals surface area (Å²) in [4.78, 5) is 38.6. The molecule has 55 heavy (non-hydrogen) atoms. The molecular formula is C38H58FN9O6S. The van der Waals surface area contributed by atoms with E-state index in [1.807, 2.05) is 48.5 Å². The minimum atomic E-state index is -3.63. The van der Waals surface area contributed by atoms with Crippen LogP contribution in [0, 0.1) is 17.2 Å². The molecule has 0 radical (unpaired) electrons. The van der Waals surface area contributed by atoms with Crippen molar-refractivity contribution in [3.8, 4) is 11.6 Å². The average Bonchev–Trinajstić information content (AvgIpc) is 3.40. The van der Waals surface area contributed by atoms with Crippen LogP contribution in [0.2, 0.25) is 0 Å². The summed E-state index contributed by atoms with van der Waals surface area (Å²) < 4.78 is 56.6. The van der Waals surface area contributed by atoms with Crippen LogP contribution in [0.4, 0.5) is 15.0 Å². The monoisotopic (exact) mass is 787 g/mol. The van der Waals surface area contributed by atoms with Crippen LogP contribution in [0.1, 0.15) is 84.5 Å². The van der Waals surface area contributed by atoms with Gasteiger partial charge in [0.15, 0.2) is 5.82 Å². The number of hydrogen-bond donors (Lipinski definition) is 0. The highest BCUT2D eigenvalue weighted by Crippen LogP contribution is 2.42. The molecule has 2 aromatic rings. The Hall–Kier alpha value is -3.67. The first-order chi connectivity index (χ1) is 25.9. The number of carbonyl (C=O) groups excluding carboxylic acids is 2. The topological polar surface area (TPSA) is 145 Å². The quantitative estimate of drug-likeness (QED) is 0.337. The number of likely N-dealkylation sites (tertiary alicyclic amines) is 1. The second-order valence-electron chi connectivity index (χ2n) is 17.1. The summed E-state index contributed by atoms with van der Waals surface area (Å²) in [5.41, 5.74) is -0.366. The predicted octanol–water partition coefficient (Wildman–Crippen LogP) is 4.47.